The van der Waals surface area contributed by atoms with Gasteiger partial charge in [0.1, 0.15) is 5.69 Å². The number of methoxy groups -OCH3 is 1. The lowest BCUT2D eigenvalue weighted by Gasteiger charge is -2.01. The number of rotatable bonds is 8. The molecule has 0 saturated carbocycles. The molecule has 0 aliphatic carbocycles. The van der Waals surface area contributed by atoms with Gasteiger partial charge < -0.3 is 4.74 Å². The molecule has 0 fully saturated rings. The Morgan fingerprint density at radius 1 is 1.36 bits per heavy atom. The van der Waals surface area contributed by atoms with Gasteiger partial charge in [0.05, 0.1) is 23.0 Å². The van der Waals surface area contributed by atoms with E-state index in [1.54, 1.807) is 0 Å². The van der Waals surface area contributed by atoms with E-state index in [2.05, 4.69) is 15.3 Å². The van der Waals surface area contributed by atoms with Gasteiger partial charge in [0, 0.05) is 18.7 Å². The summed E-state index contributed by atoms with van der Waals surface area (Å²) in [6.07, 6.45) is 2.71. The standard InChI is InChI=1S/C12H14N4O6/c1-22-12(17)4-2-3-7-13-14-10-6-5-9(15(18)19)8-11(10)16(20)21/h5-8,14H,2-4H2,1H3. The lowest BCUT2D eigenvalue weighted by molar-refractivity contribution is -0.393. The lowest BCUT2D eigenvalue weighted by atomic mass is 10.2. The van der Waals surface area contributed by atoms with Crippen LogP contribution < -0.4 is 5.43 Å². The number of hydrazone groups is 1. The molecule has 0 saturated heterocycles. The van der Waals surface area contributed by atoms with Crippen molar-refractivity contribution in [3.8, 4) is 0 Å². The number of nitrogens with one attached hydrogen (secondary N) is 1. The number of ether oxygens (including phenoxy) is 1. The maximum absolute atomic E-state index is 10.9. The number of non-ortho nitro benzene ring substituents is 1. The number of anilines is 1. The third kappa shape index (κ3) is 5.15. The molecule has 1 rings (SSSR count). The molecule has 0 atom stereocenters. The number of carbonyl (C=O) groups excluding carboxylic acids is 1. The van der Waals surface area contributed by atoms with E-state index in [-0.39, 0.29) is 23.8 Å². The van der Waals surface area contributed by atoms with Crippen molar-refractivity contribution in [2.75, 3.05) is 12.5 Å². The molecule has 0 heterocycles. The minimum Gasteiger partial charge on any atom is -0.469 e. The summed E-state index contributed by atoms with van der Waals surface area (Å²) < 4.78 is 4.47. The van der Waals surface area contributed by atoms with Crippen molar-refractivity contribution in [3.63, 3.8) is 0 Å². The predicted molar refractivity (Wildman–Crippen MR) is 77.7 cm³/mol. The first-order chi connectivity index (χ1) is 10.5. The normalized spacial score (nSPS) is 10.4. The van der Waals surface area contributed by atoms with E-state index in [1.807, 2.05) is 0 Å². The van der Waals surface area contributed by atoms with E-state index in [4.69, 9.17) is 0 Å². The van der Waals surface area contributed by atoms with Crippen molar-refractivity contribution in [1.82, 2.24) is 0 Å². The summed E-state index contributed by atoms with van der Waals surface area (Å²) in [5.74, 6) is -0.327. The van der Waals surface area contributed by atoms with E-state index < -0.39 is 15.5 Å². The van der Waals surface area contributed by atoms with Gasteiger partial charge >= 0.3 is 11.7 Å². The molecule has 10 nitrogen and oxygen atoms in total. The van der Waals surface area contributed by atoms with Crippen LogP contribution in [0.4, 0.5) is 17.1 Å². The van der Waals surface area contributed by atoms with E-state index in [1.165, 1.54) is 19.4 Å². The number of benzene rings is 1. The van der Waals surface area contributed by atoms with Gasteiger partial charge in [0.15, 0.2) is 0 Å². The zero-order valence-corrected chi connectivity index (χ0v) is 11.7. The number of esters is 1. The first-order valence-electron chi connectivity index (χ1n) is 6.23. The quantitative estimate of drug-likeness (QED) is 0.255. The number of carbonyl (C=O) groups is 1. The fraction of sp³-hybridized carbons (Fsp3) is 0.333. The summed E-state index contributed by atoms with van der Waals surface area (Å²) in [6.45, 7) is 0. The first kappa shape index (κ1) is 17.0. The van der Waals surface area contributed by atoms with Crippen LogP contribution in [0.5, 0.6) is 0 Å². The Balaban J connectivity index is 2.63. The Hall–Kier alpha value is -3.04. The molecule has 0 amide bonds. The average Bonchev–Trinajstić information content (AvgIpc) is 2.50. The molecule has 1 N–H and O–H groups in total. The molecule has 0 unspecified atom stereocenters. The number of hydrogen-bond donors (Lipinski definition) is 1. The molecule has 22 heavy (non-hydrogen) atoms. The van der Waals surface area contributed by atoms with Crippen LogP contribution in [0.2, 0.25) is 0 Å². The van der Waals surface area contributed by atoms with E-state index in [0.29, 0.717) is 12.8 Å². The van der Waals surface area contributed by atoms with Crippen molar-refractivity contribution in [1.29, 1.82) is 0 Å². The predicted octanol–water partition coefficient (Wildman–Crippen LogP) is 2.24. The van der Waals surface area contributed by atoms with Crippen LogP contribution in [0, 0.1) is 20.2 Å². The summed E-state index contributed by atoms with van der Waals surface area (Å²) in [4.78, 5) is 30.9. The van der Waals surface area contributed by atoms with Crippen molar-refractivity contribution in [2.24, 2.45) is 5.10 Å². The molecule has 118 valence electrons. The molecule has 10 heteroatoms. The molecular formula is C12H14N4O6. The second-order valence-corrected chi connectivity index (χ2v) is 4.11. The monoisotopic (exact) mass is 310 g/mol. The second kappa shape index (κ2) is 8.29. The molecule has 0 aliphatic heterocycles. The van der Waals surface area contributed by atoms with Gasteiger partial charge in [-0.3, -0.25) is 30.4 Å². The average molecular weight is 310 g/mol. The van der Waals surface area contributed by atoms with Gasteiger partial charge in [-0.2, -0.15) is 5.10 Å². The Morgan fingerprint density at radius 2 is 2.09 bits per heavy atom. The van der Waals surface area contributed by atoms with Gasteiger partial charge in [-0.1, -0.05) is 0 Å². The third-order valence-electron chi connectivity index (χ3n) is 2.61. The molecule has 0 aromatic heterocycles. The van der Waals surface area contributed by atoms with Gasteiger partial charge in [-0.15, -0.1) is 0 Å². The van der Waals surface area contributed by atoms with Crippen LogP contribution >= 0.6 is 0 Å². The van der Waals surface area contributed by atoms with Crippen LogP contribution in [-0.4, -0.2) is 29.1 Å². The highest BCUT2D eigenvalue weighted by Crippen LogP contribution is 2.28. The minimum absolute atomic E-state index is 0.0415. The summed E-state index contributed by atoms with van der Waals surface area (Å²) >= 11 is 0. The Labute approximate surface area is 125 Å². The van der Waals surface area contributed by atoms with E-state index in [0.717, 1.165) is 12.1 Å². The molecular weight excluding hydrogens is 296 g/mol. The third-order valence-corrected chi connectivity index (χ3v) is 2.61. The summed E-state index contributed by atoms with van der Waals surface area (Å²) in [6, 6.07) is 3.21. The first-order valence-corrected chi connectivity index (χ1v) is 6.23. The summed E-state index contributed by atoms with van der Waals surface area (Å²) in [5.41, 5.74) is 1.67. The number of nitro benzene ring substituents is 2. The van der Waals surface area contributed by atoms with Crippen LogP contribution in [0.3, 0.4) is 0 Å². The van der Waals surface area contributed by atoms with Crippen LogP contribution in [-0.2, 0) is 9.53 Å². The van der Waals surface area contributed by atoms with Gasteiger partial charge in [-0.05, 0) is 18.9 Å². The van der Waals surface area contributed by atoms with Crippen LogP contribution in [0.25, 0.3) is 0 Å². The fourth-order valence-electron chi connectivity index (χ4n) is 1.50. The maximum atomic E-state index is 10.9. The highest BCUT2D eigenvalue weighted by molar-refractivity contribution is 5.70. The van der Waals surface area contributed by atoms with Crippen molar-refractivity contribution >= 4 is 29.2 Å². The number of nitro groups is 2. The lowest BCUT2D eigenvalue weighted by Crippen LogP contribution is -2.00. The van der Waals surface area contributed by atoms with Crippen molar-refractivity contribution in [2.45, 2.75) is 19.3 Å². The molecule has 1 aromatic rings. The fourth-order valence-corrected chi connectivity index (χ4v) is 1.50. The highest BCUT2D eigenvalue weighted by atomic mass is 16.6. The zero-order chi connectivity index (χ0) is 16.5. The number of hydrogen-bond acceptors (Lipinski definition) is 8. The number of unbranched alkanes of at least 4 members (excludes halogenated alkanes) is 1. The minimum atomic E-state index is -0.734. The Kier molecular flexibility index (Phi) is 6.41. The van der Waals surface area contributed by atoms with Crippen LogP contribution in [0.1, 0.15) is 19.3 Å². The van der Waals surface area contributed by atoms with Crippen molar-refractivity contribution in [3.05, 3.63) is 38.4 Å². The van der Waals surface area contributed by atoms with Gasteiger partial charge in [0.25, 0.3) is 5.69 Å². The maximum Gasteiger partial charge on any atom is 0.305 e. The Bertz CT molecular complexity index is 601. The zero-order valence-electron chi connectivity index (χ0n) is 11.7. The topological polar surface area (TPSA) is 137 Å². The molecule has 0 spiro atoms. The molecule has 0 aliphatic rings. The summed E-state index contributed by atoms with van der Waals surface area (Å²) in [7, 11) is 1.30. The van der Waals surface area contributed by atoms with Crippen LogP contribution in [0.15, 0.2) is 23.3 Å². The van der Waals surface area contributed by atoms with Gasteiger partial charge in [0.2, 0.25) is 0 Å². The molecule has 1 aromatic carbocycles. The van der Waals surface area contributed by atoms with E-state index in [9.17, 15) is 25.0 Å². The summed E-state index contributed by atoms with van der Waals surface area (Å²) in [5, 5.41) is 25.3. The van der Waals surface area contributed by atoms with Gasteiger partial charge in [-0.25, -0.2) is 0 Å². The SMILES string of the molecule is COC(=O)CCCC=NNc1ccc([N+](=O)[O-])cc1[N+](=O)[O-]. The molecule has 0 bridgehead atoms. The largest absolute Gasteiger partial charge is 0.469 e. The second-order valence-electron chi connectivity index (χ2n) is 4.11. The van der Waals surface area contributed by atoms with E-state index >= 15 is 0 Å². The number of nitrogens with zero attached hydrogens (tertiary/aromatic N) is 3. The van der Waals surface area contributed by atoms with Crippen molar-refractivity contribution < 1.29 is 19.4 Å². The Morgan fingerprint density at radius 3 is 2.68 bits per heavy atom. The smallest absolute Gasteiger partial charge is 0.305 e. The highest BCUT2D eigenvalue weighted by Gasteiger charge is 2.18. The molecule has 0 radical (unpaired) electrons.